The Morgan fingerprint density at radius 2 is 1.89 bits per heavy atom. The normalized spacial score (nSPS) is 14.3. The number of nitrogens with one attached hydrogen (secondary N) is 1. The summed E-state index contributed by atoms with van der Waals surface area (Å²) in [5.41, 5.74) is 2.45. The SMILES string of the molecule is Cl.c1ccc(COc2ccc(C3CNC3)cn2)cc1. The lowest BCUT2D eigenvalue weighted by Crippen LogP contribution is -2.39. The number of benzene rings is 1. The minimum atomic E-state index is 0. The first-order valence-corrected chi connectivity index (χ1v) is 6.25. The number of pyridine rings is 1. The van der Waals surface area contributed by atoms with Gasteiger partial charge in [-0.3, -0.25) is 0 Å². The van der Waals surface area contributed by atoms with Crippen molar-refractivity contribution < 1.29 is 4.74 Å². The number of hydrogen-bond acceptors (Lipinski definition) is 3. The summed E-state index contributed by atoms with van der Waals surface area (Å²) in [6.45, 7) is 2.69. The highest BCUT2D eigenvalue weighted by molar-refractivity contribution is 5.85. The van der Waals surface area contributed by atoms with Crippen LogP contribution in [0.1, 0.15) is 17.0 Å². The summed E-state index contributed by atoms with van der Waals surface area (Å²) in [5, 5.41) is 3.26. The van der Waals surface area contributed by atoms with Crippen LogP contribution in [0.4, 0.5) is 0 Å². The van der Waals surface area contributed by atoms with Gasteiger partial charge in [-0.05, 0) is 11.1 Å². The predicted molar refractivity (Wildman–Crippen MR) is 77.9 cm³/mol. The monoisotopic (exact) mass is 276 g/mol. The van der Waals surface area contributed by atoms with Gasteiger partial charge in [0.05, 0.1) is 0 Å². The highest BCUT2D eigenvalue weighted by atomic mass is 35.5. The maximum Gasteiger partial charge on any atom is 0.213 e. The molecule has 1 aliphatic heterocycles. The van der Waals surface area contributed by atoms with Crippen molar-refractivity contribution in [3.63, 3.8) is 0 Å². The van der Waals surface area contributed by atoms with Crippen LogP contribution in [-0.2, 0) is 6.61 Å². The van der Waals surface area contributed by atoms with Crippen molar-refractivity contribution in [2.45, 2.75) is 12.5 Å². The van der Waals surface area contributed by atoms with Crippen LogP contribution in [0.25, 0.3) is 0 Å². The Bertz CT molecular complexity index is 497. The van der Waals surface area contributed by atoms with Gasteiger partial charge >= 0.3 is 0 Å². The van der Waals surface area contributed by atoms with E-state index in [0.717, 1.165) is 18.7 Å². The summed E-state index contributed by atoms with van der Waals surface area (Å²) in [5.74, 6) is 1.32. The van der Waals surface area contributed by atoms with E-state index in [9.17, 15) is 0 Å². The topological polar surface area (TPSA) is 34.1 Å². The molecule has 1 N–H and O–H groups in total. The maximum absolute atomic E-state index is 5.65. The Hall–Kier alpha value is -1.58. The van der Waals surface area contributed by atoms with Gasteiger partial charge in [0, 0.05) is 31.3 Å². The fraction of sp³-hybridized carbons (Fsp3) is 0.267. The van der Waals surface area contributed by atoms with E-state index < -0.39 is 0 Å². The third-order valence-electron chi connectivity index (χ3n) is 3.24. The Labute approximate surface area is 119 Å². The van der Waals surface area contributed by atoms with Crippen LogP contribution in [0.2, 0.25) is 0 Å². The molecule has 19 heavy (non-hydrogen) atoms. The van der Waals surface area contributed by atoms with Crippen molar-refractivity contribution in [2.75, 3.05) is 13.1 Å². The lowest BCUT2D eigenvalue weighted by Gasteiger charge is -2.27. The Kier molecular flexibility index (Phi) is 4.77. The molecule has 0 atom stereocenters. The second-order valence-electron chi connectivity index (χ2n) is 4.56. The molecular weight excluding hydrogens is 260 g/mol. The molecule has 3 nitrogen and oxygen atoms in total. The van der Waals surface area contributed by atoms with Gasteiger partial charge < -0.3 is 10.1 Å². The minimum absolute atomic E-state index is 0. The second-order valence-corrected chi connectivity index (χ2v) is 4.56. The lowest BCUT2D eigenvalue weighted by molar-refractivity contribution is 0.293. The molecule has 2 heterocycles. The lowest BCUT2D eigenvalue weighted by atomic mass is 9.95. The minimum Gasteiger partial charge on any atom is -0.473 e. The van der Waals surface area contributed by atoms with Gasteiger partial charge in [0.25, 0.3) is 0 Å². The van der Waals surface area contributed by atoms with Crippen LogP contribution in [0, 0.1) is 0 Å². The van der Waals surface area contributed by atoms with Crippen molar-refractivity contribution >= 4 is 12.4 Å². The molecule has 1 aromatic carbocycles. The fourth-order valence-electron chi connectivity index (χ4n) is 1.97. The van der Waals surface area contributed by atoms with Crippen LogP contribution in [0.15, 0.2) is 48.7 Å². The van der Waals surface area contributed by atoms with E-state index in [4.69, 9.17) is 4.74 Å². The van der Waals surface area contributed by atoms with E-state index in [-0.39, 0.29) is 12.4 Å². The van der Waals surface area contributed by atoms with Crippen molar-refractivity contribution in [1.82, 2.24) is 10.3 Å². The summed E-state index contributed by atoms with van der Waals surface area (Å²) >= 11 is 0. The molecule has 4 heteroatoms. The molecule has 3 rings (SSSR count). The van der Waals surface area contributed by atoms with Gasteiger partial charge in [-0.15, -0.1) is 12.4 Å². The summed E-state index contributed by atoms with van der Waals surface area (Å²) in [4.78, 5) is 4.35. The zero-order chi connectivity index (χ0) is 12.2. The number of ether oxygens (including phenoxy) is 1. The highest BCUT2D eigenvalue weighted by Crippen LogP contribution is 2.20. The molecule has 100 valence electrons. The molecule has 2 aromatic rings. The first-order valence-electron chi connectivity index (χ1n) is 6.25. The van der Waals surface area contributed by atoms with E-state index in [2.05, 4.69) is 28.5 Å². The third-order valence-corrected chi connectivity index (χ3v) is 3.24. The largest absolute Gasteiger partial charge is 0.473 e. The first-order chi connectivity index (χ1) is 8.92. The standard InChI is InChI=1S/C15H16N2O.ClH/c1-2-4-12(5-3-1)11-18-15-7-6-13(10-17-15)14-8-16-9-14;/h1-7,10,14,16H,8-9,11H2;1H. The average molecular weight is 277 g/mol. The fourth-order valence-corrected chi connectivity index (χ4v) is 1.97. The molecule has 0 spiro atoms. The molecule has 1 aliphatic rings. The van der Waals surface area contributed by atoms with Gasteiger partial charge in [0.2, 0.25) is 5.88 Å². The quantitative estimate of drug-likeness (QED) is 0.932. The van der Waals surface area contributed by atoms with E-state index in [1.54, 1.807) is 0 Å². The van der Waals surface area contributed by atoms with Crippen LogP contribution in [-0.4, -0.2) is 18.1 Å². The van der Waals surface area contributed by atoms with Crippen LogP contribution in [0.5, 0.6) is 5.88 Å². The zero-order valence-corrected chi connectivity index (χ0v) is 11.4. The molecule has 1 saturated heterocycles. The van der Waals surface area contributed by atoms with Crippen LogP contribution >= 0.6 is 12.4 Å². The van der Waals surface area contributed by atoms with E-state index in [1.165, 1.54) is 5.56 Å². The van der Waals surface area contributed by atoms with Gasteiger partial charge in [-0.25, -0.2) is 4.98 Å². The van der Waals surface area contributed by atoms with E-state index >= 15 is 0 Å². The molecule has 0 aliphatic carbocycles. The molecule has 0 radical (unpaired) electrons. The van der Waals surface area contributed by atoms with Crippen LogP contribution in [0.3, 0.4) is 0 Å². The summed E-state index contributed by atoms with van der Waals surface area (Å²) in [6, 6.07) is 14.2. The number of aromatic nitrogens is 1. The average Bonchev–Trinajstić information content (AvgIpc) is 2.37. The molecule has 0 bridgehead atoms. The molecule has 0 unspecified atom stereocenters. The third kappa shape index (κ3) is 3.46. The Balaban J connectivity index is 0.00000133. The summed E-state index contributed by atoms with van der Waals surface area (Å²) in [7, 11) is 0. The Morgan fingerprint density at radius 1 is 1.11 bits per heavy atom. The van der Waals surface area contributed by atoms with Crippen molar-refractivity contribution in [1.29, 1.82) is 0 Å². The van der Waals surface area contributed by atoms with Gasteiger partial charge in [-0.1, -0.05) is 36.4 Å². The number of halogens is 1. The molecule has 1 aromatic heterocycles. The van der Waals surface area contributed by atoms with E-state index in [1.807, 2.05) is 30.5 Å². The van der Waals surface area contributed by atoms with Gasteiger partial charge in [0.1, 0.15) is 6.61 Å². The smallest absolute Gasteiger partial charge is 0.213 e. The predicted octanol–water partition coefficient (Wildman–Crippen LogP) is 2.77. The Morgan fingerprint density at radius 3 is 2.47 bits per heavy atom. The van der Waals surface area contributed by atoms with E-state index in [0.29, 0.717) is 18.4 Å². The summed E-state index contributed by atoms with van der Waals surface area (Å²) < 4.78 is 5.65. The number of nitrogens with zero attached hydrogens (tertiary/aromatic N) is 1. The first kappa shape index (κ1) is 13.8. The number of hydrogen-bond donors (Lipinski definition) is 1. The molecule has 0 saturated carbocycles. The highest BCUT2D eigenvalue weighted by Gasteiger charge is 2.18. The zero-order valence-electron chi connectivity index (χ0n) is 10.6. The van der Waals surface area contributed by atoms with Gasteiger partial charge in [-0.2, -0.15) is 0 Å². The van der Waals surface area contributed by atoms with Crippen molar-refractivity contribution in [3.05, 3.63) is 59.8 Å². The number of rotatable bonds is 4. The van der Waals surface area contributed by atoms with Gasteiger partial charge in [0.15, 0.2) is 0 Å². The second kappa shape index (κ2) is 6.55. The van der Waals surface area contributed by atoms with Crippen molar-refractivity contribution in [3.8, 4) is 5.88 Å². The summed E-state index contributed by atoms with van der Waals surface area (Å²) in [6.07, 6.45) is 1.92. The maximum atomic E-state index is 5.65. The molecule has 0 amide bonds. The molecular formula is C15H17ClN2O. The molecule has 1 fully saturated rings. The van der Waals surface area contributed by atoms with Crippen LogP contribution < -0.4 is 10.1 Å². The van der Waals surface area contributed by atoms with Crippen molar-refractivity contribution in [2.24, 2.45) is 0 Å².